The van der Waals surface area contributed by atoms with E-state index in [1.807, 2.05) is 12.3 Å². The van der Waals surface area contributed by atoms with Gasteiger partial charge in [-0.2, -0.15) is 0 Å². The van der Waals surface area contributed by atoms with Crippen molar-refractivity contribution in [2.24, 2.45) is 5.92 Å². The maximum atomic E-state index is 4.35. The molecular weight excluding hydrogens is 234 g/mol. The van der Waals surface area contributed by atoms with Crippen LogP contribution >= 0.6 is 0 Å². The fourth-order valence-corrected chi connectivity index (χ4v) is 1.99. The molecule has 0 radical (unpaired) electrons. The third-order valence-corrected chi connectivity index (χ3v) is 3.17. The lowest BCUT2D eigenvalue weighted by molar-refractivity contribution is 0.327. The molecule has 0 aliphatic heterocycles. The Hall–Kier alpha value is -0.930. The lowest BCUT2D eigenvalue weighted by atomic mass is 10.2. The first-order chi connectivity index (χ1) is 9.18. The zero-order valence-electron chi connectivity index (χ0n) is 12.7. The molecule has 0 spiro atoms. The molecule has 0 amide bonds. The van der Waals surface area contributed by atoms with Crippen LogP contribution in [0.5, 0.6) is 0 Å². The predicted octanol–water partition coefficient (Wildman–Crippen LogP) is 2.58. The lowest BCUT2D eigenvalue weighted by Crippen LogP contribution is -2.25. The van der Waals surface area contributed by atoms with Crippen LogP contribution in [-0.2, 0) is 6.42 Å². The SMILES string of the molecule is CC(C)CNCCCCN(C)CCc1ccccn1. The van der Waals surface area contributed by atoms with Gasteiger partial charge in [-0.15, -0.1) is 0 Å². The van der Waals surface area contributed by atoms with Gasteiger partial charge < -0.3 is 10.2 Å². The lowest BCUT2D eigenvalue weighted by Gasteiger charge is -2.16. The Bertz CT molecular complexity index is 311. The Morgan fingerprint density at radius 1 is 1.21 bits per heavy atom. The number of rotatable bonds is 10. The van der Waals surface area contributed by atoms with Crippen LogP contribution < -0.4 is 5.32 Å². The van der Waals surface area contributed by atoms with Crippen molar-refractivity contribution in [1.29, 1.82) is 0 Å². The third kappa shape index (κ3) is 8.73. The summed E-state index contributed by atoms with van der Waals surface area (Å²) in [7, 11) is 2.20. The van der Waals surface area contributed by atoms with Gasteiger partial charge in [-0.05, 0) is 57.6 Å². The van der Waals surface area contributed by atoms with E-state index in [2.05, 4.69) is 48.2 Å². The van der Waals surface area contributed by atoms with Crippen LogP contribution in [0.4, 0.5) is 0 Å². The summed E-state index contributed by atoms with van der Waals surface area (Å²) in [4.78, 5) is 6.75. The molecule has 1 aromatic heterocycles. The van der Waals surface area contributed by atoms with Crippen molar-refractivity contribution in [2.45, 2.75) is 33.1 Å². The second-order valence-corrected chi connectivity index (χ2v) is 5.68. The van der Waals surface area contributed by atoms with E-state index in [1.165, 1.54) is 25.1 Å². The van der Waals surface area contributed by atoms with Crippen molar-refractivity contribution in [1.82, 2.24) is 15.2 Å². The Kier molecular flexibility index (Phi) is 8.43. The highest BCUT2D eigenvalue weighted by Crippen LogP contribution is 1.98. The summed E-state index contributed by atoms with van der Waals surface area (Å²) in [6, 6.07) is 6.13. The van der Waals surface area contributed by atoms with Gasteiger partial charge in [0.1, 0.15) is 0 Å². The van der Waals surface area contributed by atoms with Crippen LogP contribution in [0, 0.1) is 5.92 Å². The molecule has 3 nitrogen and oxygen atoms in total. The first kappa shape index (κ1) is 16.1. The number of nitrogens with zero attached hydrogens (tertiary/aromatic N) is 2. The van der Waals surface area contributed by atoms with Gasteiger partial charge in [-0.25, -0.2) is 0 Å². The normalized spacial score (nSPS) is 11.4. The van der Waals surface area contributed by atoms with Gasteiger partial charge in [0.25, 0.3) is 0 Å². The molecule has 0 aromatic carbocycles. The largest absolute Gasteiger partial charge is 0.316 e. The van der Waals surface area contributed by atoms with Crippen molar-refractivity contribution in [3.8, 4) is 0 Å². The minimum absolute atomic E-state index is 0.751. The zero-order chi connectivity index (χ0) is 13.9. The Morgan fingerprint density at radius 3 is 2.74 bits per heavy atom. The molecule has 1 N–H and O–H groups in total. The number of pyridine rings is 1. The first-order valence-corrected chi connectivity index (χ1v) is 7.47. The minimum Gasteiger partial charge on any atom is -0.316 e. The molecular formula is C16H29N3. The Balaban J connectivity index is 1.98. The average Bonchev–Trinajstić information content (AvgIpc) is 2.41. The van der Waals surface area contributed by atoms with Gasteiger partial charge in [-0.1, -0.05) is 19.9 Å². The molecule has 0 saturated heterocycles. The summed E-state index contributed by atoms with van der Waals surface area (Å²) >= 11 is 0. The van der Waals surface area contributed by atoms with Crippen LogP contribution in [0.25, 0.3) is 0 Å². The van der Waals surface area contributed by atoms with E-state index in [9.17, 15) is 0 Å². The van der Waals surface area contributed by atoms with Gasteiger partial charge in [0.15, 0.2) is 0 Å². The van der Waals surface area contributed by atoms with Gasteiger partial charge in [0.05, 0.1) is 0 Å². The maximum absolute atomic E-state index is 4.35. The molecule has 1 aromatic rings. The molecule has 19 heavy (non-hydrogen) atoms. The zero-order valence-corrected chi connectivity index (χ0v) is 12.7. The predicted molar refractivity (Wildman–Crippen MR) is 82.4 cm³/mol. The van der Waals surface area contributed by atoms with Gasteiger partial charge in [0.2, 0.25) is 0 Å². The van der Waals surface area contributed by atoms with Gasteiger partial charge in [0, 0.05) is 24.9 Å². The number of aromatic nitrogens is 1. The summed E-state index contributed by atoms with van der Waals surface area (Å²) in [6.07, 6.45) is 5.45. The molecule has 1 heterocycles. The summed E-state index contributed by atoms with van der Waals surface area (Å²) in [6.45, 7) is 9.05. The van der Waals surface area contributed by atoms with Crippen molar-refractivity contribution in [2.75, 3.05) is 33.2 Å². The smallest absolute Gasteiger partial charge is 0.0416 e. The van der Waals surface area contributed by atoms with E-state index >= 15 is 0 Å². The molecule has 0 atom stereocenters. The monoisotopic (exact) mass is 263 g/mol. The highest BCUT2D eigenvalue weighted by atomic mass is 15.1. The topological polar surface area (TPSA) is 28.2 Å². The molecule has 1 rings (SSSR count). The van der Waals surface area contributed by atoms with E-state index < -0.39 is 0 Å². The van der Waals surface area contributed by atoms with Crippen LogP contribution in [0.15, 0.2) is 24.4 Å². The van der Waals surface area contributed by atoms with Gasteiger partial charge >= 0.3 is 0 Å². The van der Waals surface area contributed by atoms with Gasteiger partial charge in [-0.3, -0.25) is 4.98 Å². The highest BCUT2D eigenvalue weighted by molar-refractivity contribution is 5.03. The molecule has 0 aliphatic rings. The van der Waals surface area contributed by atoms with Crippen molar-refractivity contribution < 1.29 is 0 Å². The molecule has 3 heteroatoms. The fourth-order valence-electron chi connectivity index (χ4n) is 1.99. The number of unbranched alkanes of at least 4 members (excludes halogenated alkanes) is 1. The highest BCUT2D eigenvalue weighted by Gasteiger charge is 2.00. The van der Waals surface area contributed by atoms with E-state index in [4.69, 9.17) is 0 Å². The van der Waals surface area contributed by atoms with Crippen molar-refractivity contribution >= 4 is 0 Å². The quantitative estimate of drug-likeness (QED) is 0.658. The molecule has 108 valence electrons. The summed E-state index contributed by atoms with van der Waals surface area (Å²) in [5, 5.41) is 3.49. The van der Waals surface area contributed by atoms with E-state index in [1.54, 1.807) is 0 Å². The second kappa shape index (κ2) is 9.93. The Labute approximate surface area is 118 Å². The maximum Gasteiger partial charge on any atom is 0.0416 e. The van der Waals surface area contributed by atoms with Crippen LogP contribution in [0.3, 0.4) is 0 Å². The Morgan fingerprint density at radius 2 is 2.05 bits per heavy atom. The minimum atomic E-state index is 0.751. The second-order valence-electron chi connectivity index (χ2n) is 5.68. The standard InChI is InChI=1S/C16H29N3/c1-15(2)14-17-10-6-7-12-19(3)13-9-16-8-4-5-11-18-16/h4-5,8,11,15,17H,6-7,9-10,12-14H2,1-3H3. The summed E-state index contributed by atoms with van der Waals surface area (Å²) in [5.41, 5.74) is 1.19. The number of likely N-dealkylation sites (N-methyl/N-ethyl adjacent to an activating group) is 1. The van der Waals surface area contributed by atoms with Crippen LogP contribution in [0.2, 0.25) is 0 Å². The first-order valence-electron chi connectivity index (χ1n) is 7.47. The number of nitrogens with one attached hydrogen (secondary N) is 1. The van der Waals surface area contributed by atoms with E-state index in [0.29, 0.717) is 0 Å². The van der Waals surface area contributed by atoms with E-state index in [-0.39, 0.29) is 0 Å². The molecule has 0 aliphatic carbocycles. The van der Waals surface area contributed by atoms with Crippen LogP contribution in [-0.4, -0.2) is 43.1 Å². The fraction of sp³-hybridized carbons (Fsp3) is 0.688. The molecule has 0 fully saturated rings. The average molecular weight is 263 g/mol. The molecule has 0 saturated carbocycles. The molecule has 0 unspecified atom stereocenters. The molecule has 0 bridgehead atoms. The third-order valence-electron chi connectivity index (χ3n) is 3.17. The summed E-state index contributed by atoms with van der Waals surface area (Å²) in [5.74, 6) is 0.751. The summed E-state index contributed by atoms with van der Waals surface area (Å²) < 4.78 is 0. The van der Waals surface area contributed by atoms with Crippen molar-refractivity contribution in [3.63, 3.8) is 0 Å². The van der Waals surface area contributed by atoms with E-state index in [0.717, 1.165) is 32.0 Å². The number of hydrogen-bond acceptors (Lipinski definition) is 3. The number of hydrogen-bond donors (Lipinski definition) is 1. The van der Waals surface area contributed by atoms with Crippen LogP contribution in [0.1, 0.15) is 32.4 Å². The van der Waals surface area contributed by atoms with Crippen molar-refractivity contribution in [3.05, 3.63) is 30.1 Å².